The Bertz CT molecular complexity index is 829. The van der Waals surface area contributed by atoms with E-state index in [1.807, 2.05) is 19.1 Å². The number of Topliss-reactive ketones (excluding diaryl/α,β-unsaturated/α-hetero) is 1. The molecule has 0 heterocycles. The van der Waals surface area contributed by atoms with E-state index in [1.165, 1.54) is 0 Å². The van der Waals surface area contributed by atoms with Crippen LogP contribution in [0.15, 0.2) is 53.0 Å². The van der Waals surface area contributed by atoms with Gasteiger partial charge in [0, 0.05) is 15.6 Å². The van der Waals surface area contributed by atoms with E-state index in [0.29, 0.717) is 11.1 Å². The highest BCUT2D eigenvalue weighted by atomic mass is 79.9. The minimum Gasteiger partial charge on any atom is -0.456 e. The van der Waals surface area contributed by atoms with E-state index in [2.05, 4.69) is 21.2 Å². The summed E-state index contributed by atoms with van der Waals surface area (Å²) < 4.78 is 6.04. The Morgan fingerprint density at radius 1 is 0.964 bits per heavy atom. The number of ether oxygens (including phenoxy) is 1. The van der Waals surface area contributed by atoms with Crippen molar-refractivity contribution in [1.29, 1.82) is 0 Å². The molecule has 0 bridgehead atoms. The average Bonchev–Trinajstić information content (AvgIpc) is 2.70. The first-order chi connectivity index (χ1) is 13.3. The maximum atomic E-state index is 12.4. The van der Waals surface area contributed by atoms with Gasteiger partial charge in [-0.2, -0.15) is 0 Å². The molecule has 2 aromatic rings. The summed E-state index contributed by atoms with van der Waals surface area (Å²) in [5, 5.41) is 2.69. The van der Waals surface area contributed by atoms with E-state index in [-0.39, 0.29) is 24.2 Å². The molecular weight excluding hydrogens is 422 g/mol. The van der Waals surface area contributed by atoms with E-state index >= 15 is 0 Å². The molecule has 0 saturated carbocycles. The van der Waals surface area contributed by atoms with Crippen LogP contribution >= 0.6 is 15.9 Å². The van der Waals surface area contributed by atoms with Gasteiger partial charge in [0.05, 0.1) is 0 Å². The Balaban J connectivity index is 1.97. The molecule has 28 heavy (non-hydrogen) atoms. The number of carbonyl (C=O) groups excluding carboxylic acids is 3. The summed E-state index contributed by atoms with van der Waals surface area (Å²) in [5.74, 6) is -1.47. The van der Waals surface area contributed by atoms with Gasteiger partial charge in [0.2, 0.25) is 0 Å². The number of nitrogens with one attached hydrogen (secondary N) is 1. The van der Waals surface area contributed by atoms with Gasteiger partial charge in [-0.05, 0) is 42.2 Å². The molecule has 2 aromatic carbocycles. The first-order valence-electron chi connectivity index (χ1n) is 9.17. The van der Waals surface area contributed by atoms with Crippen molar-refractivity contribution in [3.05, 3.63) is 69.7 Å². The summed E-state index contributed by atoms with van der Waals surface area (Å²) in [5.41, 5.74) is 2.06. The standard InChI is InChI=1S/C22H24BrNO4/c1-4-15-5-7-16(8-6-15)19(25)13-28-22(27)20(14(2)3)24-21(26)17-9-11-18(23)12-10-17/h5-12,14,20H,4,13H2,1-3H3,(H,24,26)/t20-/m1/s1. The number of esters is 1. The molecule has 0 radical (unpaired) electrons. The second-order valence-corrected chi connectivity index (χ2v) is 7.70. The van der Waals surface area contributed by atoms with Gasteiger partial charge in [0.25, 0.3) is 5.91 Å². The number of halogens is 1. The van der Waals surface area contributed by atoms with E-state index in [4.69, 9.17) is 4.74 Å². The molecule has 5 nitrogen and oxygen atoms in total. The van der Waals surface area contributed by atoms with Gasteiger partial charge in [-0.3, -0.25) is 9.59 Å². The number of ketones is 1. The van der Waals surface area contributed by atoms with Gasteiger partial charge < -0.3 is 10.1 Å². The normalized spacial score (nSPS) is 11.8. The van der Waals surface area contributed by atoms with Crippen molar-refractivity contribution >= 4 is 33.6 Å². The monoisotopic (exact) mass is 445 g/mol. The zero-order valence-electron chi connectivity index (χ0n) is 16.2. The van der Waals surface area contributed by atoms with Crippen molar-refractivity contribution in [2.75, 3.05) is 6.61 Å². The summed E-state index contributed by atoms with van der Waals surface area (Å²) >= 11 is 3.32. The Labute approximate surface area is 173 Å². The van der Waals surface area contributed by atoms with E-state index < -0.39 is 12.0 Å². The third-order valence-electron chi connectivity index (χ3n) is 4.34. The summed E-state index contributed by atoms with van der Waals surface area (Å²) in [6.45, 7) is 5.28. The van der Waals surface area contributed by atoms with Crippen LogP contribution in [0.25, 0.3) is 0 Å². The zero-order valence-corrected chi connectivity index (χ0v) is 17.8. The summed E-state index contributed by atoms with van der Waals surface area (Å²) in [6, 6.07) is 13.2. The topological polar surface area (TPSA) is 72.5 Å². The number of rotatable bonds is 8. The lowest BCUT2D eigenvalue weighted by Crippen LogP contribution is -2.45. The fourth-order valence-corrected chi connectivity index (χ4v) is 2.82. The van der Waals surface area contributed by atoms with Crippen LogP contribution in [0, 0.1) is 5.92 Å². The van der Waals surface area contributed by atoms with Gasteiger partial charge >= 0.3 is 5.97 Å². The van der Waals surface area contributed by atoms with Gasteiger partial charge in [0.15, 0.2) is 12.4 Å². The molecule has 1 amide bonds. The van der Waals surface area contributed by atoms with Gasteiger partial charge in [-0.15, -0.1) is 0 Å². The molecule has 0 saturated heterocycles. The number of aryl methyl sites for hydroxylation is 1. The highest BCUT2D eigenvalue weighted by Crippen LogP contribution is 2.12. The molecule has 0 aliphatic rings. The number of amides is 1. The molecule has 1 N–H and O–H groups in total. The molecule has 6 heteroatoms. The lowest BCUT2D eigenvalue weighted by atomic mass is 10.0. The summed E-state index contributed by atoms with van der Waals surface area (Å²) in [7, 11) is 0. The largest absolute Gasteiger partial charge is 0.456 e. The van der Waals surface area contributed by atoms with Crippen LogP contribution in [0.2, 0.25) is 0 Å². The van der Waals surface area contributed by atoms with E-state index in [0.717, 1.165) is 16.5 Å². The van der Waals surface area contributed by atoms with Crippen molar-refractivity contribution in [3.8, 4) is 0 Å². The maximum Gasteiger partial charge on any atom is 0.329 e. The molecule has 148 valence electrons. The smallest absolute Gasteiger partial charge is 0.329 e. The Morgan fingerprint density at radius 3 is 2.07 bits per heavy atom. The van der Waals surface area contributed by atoms with E-state index in [9.17, 15) is 14.4 Å². The number of hydrogen-bond donors (Lipinski definition) is 1. The van der Waals surface area contributed by atoms with Crippen LogP contribution in [0.4, 0.5) is 0 Å². The molecule has 0 fully saturated rings. The second-order valence-electron chi connectivity index (χ2n) is 6.78. The lowest BCUT2D eigenvalue weighted by Gasteiger charge is -2.20. The third kappa shape index (κ3) is 6.02. The van der Waals surface area contributed by atoms with E-state index in [1.54, 1.807) is 50.2 Å². The van der Waals surface area contributed by atoms with Crippen LogP contribution in [-0.4, -0.2) is 30.3 Å². The minimum atomic E-state index is -0.841. The molecule has 0 aliphatic heterocycles. The van der Waals surface area contributed by atoms with Gasteiger partial charge in [0.1, 0.15) is 6.04 Å². The molecule has 0 spiro atoms. The number of benzene rings is 2. The van der Waals surface area contributed by atoms with Crippen LogP contribution < -0.4 is 5.32 Å². The highest BCUT2D eigenvalue weighted by molar-refractivity contribution is 9.10. The SMILES string of the molecule is CCc1ccc(C(=O)COC(=O)[C@H](NC(=O)c2ccc(Br)cc2)C(C)C)cc1. The molecular formula is C22H24BrNO4. The zero-order chi connectivity index (χ0) is 20.7. The van der Waals surface area contributed by atoms with Gasteiger partial charge in [-0.1, -0.05) is 61.0 Å². The maximum absolute atomic E-state index is 12.4. The molecule has 2 rings (SSSR count). The highest BCUT2D eigenvalue weighted by Gasteiger charge is 2.27. The van der Waals surface area contributed by atoms with Gasteiger partial charge in [-0.25, -0.2) is 4.79 Å². The average molecular weight is 446 g/mol. The third-order valence-corrected chi connectivity index (χ3v) is 4.87. The Kier molecular flexibility index (Phi) is 7.93. The van der Waals surface area contributed by atoms with Crippen molar-refractivity contribution in [2.24, 2.45) is 5.92 Å². The fourth-order valence-electron chi connectivity index (χ4n) is 2.56. The minimum absolute atomic E-state index is 0.189. The predicted octanol–water partition coefficient (Wildman–Crippen LogP) is 4.19. The Morgan fingerprint density at radius 2 is 1.54 bits per heavy atom. The molecule has 0 aromatic heterocycles. The van der Waals surface area contributed by atoms with Crippen LogP contribution in [0.1, 0.15) is 47.1 Å². The second kappa shape index (κ2) is 10.2. The number of hydrogen-bond acceptors (Lipinski definition) is 4. The van der Waals surface area contributed by atoms with Crippen LogP contribution in [0.3, 0.4) is 0 Å². The molecule has 0 aliphatic carbocycles. The fraction of sp³-hybridized carbons (Fsp3) is 0.318. The van der Waals surface area contributed by atoms with Crippen molar-refractivity contribution in [2.45, 2.75) is 33.2 Å². The summed E-state index contributed by atoms with van der Waals surface area (Å²) in [6.07, 6.45) is 0.886. The predicted molar refractivity (Wildman–Crippen MR) is 111 cm³/mol. The molecule has 1 atom stereocenters. The lowest BCUT2D eigenvalue weighted by molar-refractivity contribution is -0.145. The summed E-state index contributed by atoms with van der Waals surface area (Å²) in [4.78, 5) is 37.1. The number of carbonyl (C=O) groups is 3. The van der Waals surface area contributed by atoms with Crippen molar-refractivity contribution in [3.63, 3.8) is 0 Å². The quantitative estimate of drug-likeness (QED) is 0.488. The van der Waals surface area contributed by atoms with Crippen LogP contribution in [0.5, 0.6) is 0 Å². The Hall–Kier alpha value is -2.47. The first kappa shape index (κ1) is 21.8. The van der Waals surface area contributed by atoms with Crippen LogP contribution in [-0.2, 0) is 16.0 Å². The molecule has 0 unspecified atom stereocenters. The van der Waals surface area contributed by atoms with Crippen molar-refractivity contribution in [1.82, 2.24) is 5.32 Å². The van der Waals surface area contributed by atoms with Crippen molar-refractivity contribution < 1.29 is 19.1 Å². The first-order valence-corrected chi connectivity index (χ1v) is 9.96.